The number of hydrogen-bond acceptors (Lipinski definition) is 10. The highest BCUT2D eigenvalue weighted by molar-refractivity contribution is 7.91. The summed E-state index contributed by atoms with van der Waals surface area (Å²) in [6.45, 7) is 5.78. The van der Waals surface area contributed by atoms with Gasteiger partial charge in [-0.2, -0.15) is 4.98 Å². The molecule has 14 nitrogen and oxygen atoms in total. The van der Waals surface area contributed by atoms with Crippen LogP contribution in [0.15, 0.2) is 47.8 Å². The van der Waals surface area contributed by atoms with Gasteiger partial charge < -0.3 is 19.7 Å². The molecule has 7 atom stereocenters. The van der Waals surface area contributed by atoms with Crippen molar-refractivity contribution in [1.82, 2.24) is 24.5 Å². The molecule has 300 valence electrons. The van der Waals surface area contributed by atoms with Crippen molar-refractivity contribution in [2.75, 3.05) is 6.54 Å². The number of ether oxygens (including phenoxy) is 2. The molecule has 8 rings (SSSR count). The van der Waals surface area contributed by atoms with Crippen LogP contribution in [0.3, 0.4) is 0 Å². The van der Waals surface area contributed by atoms with E-state index in [0.717, 1.165) is 32.1 Å². The Hall–Kier alpha value is -4.24. The maximum atomic E-state index is 14.8. The molecule has 2 bridgehead atoms. The van der Waals surface area contributed by atoms with E-state index in [9.17, 15) is 32.4 Å². The van der Waals surface area contributed by atoms with Crippen LogP contribution in [0.2, 0.25) is 5.02 Å². The van der Waals surface area contributed by atoms with Gasteiger partial charge in [-0.3, -0.25) is 33.3 Å². The molecule has 0 unspecified atom stereocenters. The molecule has 1 saturated heterocycles. The second kappa shape index (κ2) is 14.6. The molecule has 3 amide bonds. The topological polar surface area (TPSA) is 183 Å². The lowest BCUT2D eigenvalue weighted by molar-refractivity contribution is -0.157. The van der Waals surface area contributed by atoms with Crippen molar-refractivity contribution in [3.63, 3.8) is 0 Å². The molecule has 1 aromatic carbocycles. The van der Waals surface area contributed by atoms with Crippen LogP contribution in [-0.4, -0.2) is 81.6 Å². The number of benzene rings is 1. The van der Waals surface area contributed by atoms with Crippen molar-refractivity contribution in [2.24, 2.45) is 23.7 Å². The summed E-state index contributed by atoms with van der Waals surface area (Å²) in [6, 6.07) is 3.63. The Balaban J connectivity index is 1.15. The Morgan fingerprint density at radius 1 is 1.07 bits per heavy atom. The lowest BCUT2D eigenvalue weighted by Gasteiger charge is -2.31. The van der Waals surface area contributed by atoms with Gasteiger partial charge in [0.2, 0.25) is 21.8 Å². The maximum Gasteiger partial charge on any atom is 0.307 e. The van der Waals surface area contributed by atoms with Crippen molar-refractivity contribution in [3.05, 3.63) is 58.4 Å². The zero-order valence-electron chi connectivity index (χ0n) is 31.4. The van der Waals surface area contributed by atoms with Gasteiger partial charge in [0.25, 0.3) is 17.5 Å². The molecule has 0 spiro atoms. The lowest BCUT2D eigenvalue weighted by atomic mass is 9.86. The van der Waals surface area contributed by atoms with E-state index in [1.807, 2.05) is 19.1 Å². The number of carbonyl (C=O) groups excluding carboxylic acids is 4. The average molecular weight is 810 g/mol. The van der Waals surface area contributed by atoms with Crippen molar-refractivity contribution >= 4 is 56.2 Å². The zero-order valence-corrected chi connectivity index (χ0v) is 33.0. The summed E-state index contributed by atoms with van der Waals surface area (Å²) < 4.78 is 41.6. The van der Waals surface area contributed by atoms with Gasteiger partial charge in [0.15, 0.2) is 0 Å². The second-order valence-electron chi connectivity index (χ2n) is 16.7. The number of nitrogens with one attached hydrogen (secondary N) is 2. The van der Waals surface area contributed by atoms with Crippen molar-refractivity contribution in [3.8, 4) is 6.01 Å². The summed E-state index contributed by atoms with van der Waals surface area (Å²) in [7, 11) is -3.92. The molecule has 4 aliphatic carbocycles. The van der Waals surface area contributed by atoms with Crippen LogP contribution >= 0.6 is 11.6 Å². The normalized spacial score (nSPS) is 32.9. The van der Waals surface area contributed by atoms with Gasteiger partial charge >= 0.3 is 5.97 Å². The Morgan fingerprint density at radius 2 is 1.84 bits per heavy atom. The molecule has 0 radical (unpaired) electrons. The van der Waals surface area contributed by atoms with Crippen LogP contribution in [0.1, 0.15) is 84.0 Å². The van der Waals surface area contributed by atoms with E-state index < -0.39 is 74.1 Å². The van der Waals surface area contributed by atoms with Gasteiger partial charge in [0.1, 0.15) is 23.3 Å². The van der Waals surface area contributed by atoms with Crippen LogP contribution in [0, 0.1) is 23.7 Å². The quantitative estimate of drug-likeness (QED) is 0.307. The molecule has 5 fully saturated rings. The van der Waals surface area contributed by atoms with E-state index >= 15 is 0 Å². The smallest absolute Gasteiger partial charge is 0.307 e. The van der Waals surface area contributed by atoms with E-state index in [2.05, 4.69) is 16.6 Å². The molecule has 2 N–H and O–H groups in total. The predicted molar refractivity (Wildman–Crippen MR) is 206 cm³/mol. The molecular weight excluding hydrogens is 762 g/mol. The van der Waals surface area contributed by atoms with E-state index in [1.54, 1.807) is 18.2 Å². The Morgan fingerprint density at radius 3 is 2.55 bits per heavy atom. The number of allylic oxidation sites excluding steroid dienone is 2. The number of rotatable bonds is 7. The Bertz CT molecular complexity index is 2180. The van der Waals surface area contributed by atoms with E-state index in [1.165, 1.54) is 15.5 Å². The minimum absolute atomic E-state index is 0.00489. The van der Waals surface area contributed by atoms with Crippen LogP contribution in [-0.2, 0) is 40.5 Å². The van der Waals surface area contributed by atoms with Crippen LogP contribution in [0.25, 0.3) is 10.9 Å². The number of sulfonamides is 1. The molecule has 1 aromatic heterocycles. The van der Waals surface area contributed by atoms with E-state index in [0.29, 0.717) is 41.6 Å². The van der Waals surface area contributed by atoms with Crippen LogP contribution in [0.4, 0.5) is 0 Å². The number of hydrogen-bond donors (Lipinski definition) is 2. The predicted octanol–water partition coefficient (Wildman–Crippen LogP) is 3.94. The van der Waals surface area contributed by atoms with E-state index in [4.69, 9.17) is 26.1 Å². The number of amides is 3. The summed E-state index contributed by atoms with van der Waals surface area (Å²) in [5.74, 6) is -3.61. The highest BCUT2D eigenvalue weighted by atomic mass is 35.5. The van der Waals surface area contributed by atoms with Gasteiger partial charge in [-0.15, -0.1) is 6.58 Å². The van der Waals surface area contributed by atoms with Gasteiger partial charge in [-0.25, -0.2) is 8.42 Å². The first-order chi connectivity index (χ1) is 26.7. The number of fused-ring (bicyclic) bond motifs is 5. The third-order valence-electron chi connectivity index (χ3n) is 12.8. The second-order valence-corrected chi connectivity index (χ2v) is 19.1. The first kappa shape index (κ1) is 38.6. The highest BCUT2D eigenvalue weighted by Crippen LogP contribution is 2.50. The third-order valence-corrected chi connectivity index (χ3v) is 14.8. The van der Waals surface area contributed by atoms with Gasteiger partial charge in [-0.1, -0.05) is 42.7 Å². The number of nitrogens with zero attached hydrogens (tertiary/aromatic N) is 3. The minimum atomic E-state index is -3.92. The molecule has 3 heterocycles. The van der Waals surface area contributed by atoms with Crippen molar-refractivity contribution in [1.29, 1.82) is 0 Å². The summed E-state index contributed by atoms with van der Waals surface area (Å²) >= 11 is 6.29. The molecule has 2 aromatic rings. The van der Waals surface area contributed by atoms with Crippen LogP contribution in [0.5, 0.6) is 6.01 Å². The van der Waals surface area contributed by atoms with Gasteiger partial charge in [0.05, 0.1) is 35.0 Å². The van der Waals surface area contributed by atoms with Gasteiger partial charge in [0, 0.05) is 29.8 Å². The van der Waals surface area contributed by atoms with E-state index in [-0.39, 0.29) is 55.8 Å². The monoisotopic (exact) mass is 809 g/mol. The molecule has 2 aliphatic heterocycles. The molecule has 4 saturated carbocycles. The largest absolute Gasteiger partial charge is 0.459 e. The summed E-state index contributed by atoms with van der Waals surface area (Å²) in [5.41, 5.74) is -2.22. The molecule has 56 heavy (non-hydrogen) atoms. The van der Waals surface area contributed by atoms with Crippen molar-refractivity contribution < 1.29 is 37.1 Å². The summed E-state index contributed by atoms with van der Waals surface area (Å²) in [5, 5.41) is 2.90. The fourth-order valence-electron chi connectivity index (χ4n) is 9.04. The first-order valence-electron chi connectivity index (χ1n) is 19.8. The SMILES string of the molecule is C=C[C@@H]1C[C@]1(NC(=O)[C@@H]1C[C@@H]2CN1C(=O)[C@H](C1CCCC1)CC(=O)O[C@@]1(C)C[C@@H]1CC/C=C/Cn1c(nc3cc(Cl)ccc3c1=O)O2)C(=O)NS(=O)(=O)C1CC1. The molecule has 16 heteroatoms. The number of carbonyl (C=O) groups is 4. The maximum absolute atomic E-state index is 14.8. The Labute approximate surface area is 330 Å². The number of esters is 1. The van der Waals surface area contributed by atoms with Gasteiger partial charge in [-0.05, 0) is 82.4 Å². The summed E-state index contributed by atoms with van der Waals surface area (Å²) in [6.07, 6.45) is 10.9. The minimum Gasteiger partial charge on any atom is -0.459 e. The molecule has 6 aliphatic rings. The van der Waals surface area contributed by atoms with Crippen molar-refractivity contribution in [2.45, 2.75) is 119 Å². The average Bonchev–Trinajstić information content (AvgIpc) is 4.10. The zero-order chi connectivity index (χ0) is 39.6. The third kappa shape index (κ3) is 7.48. The lowest BCUT2D eigenvalue weighted by Crippen LogP contribution is -2.57. The Kier molecular flexibility index (Phi) is 10.1. The number of halogens is 1. The fraction of sp³-hybridized carbons (Fsp3) is 0.600. The van der Waals surface area contributed by atoms with Crippen LogP contribution < -0.4 is 20.3 Å². The summed E-state index contributed by atoms with van der Waals surface area (Å²) in [4.78, 5) is 76.5. The first-order valence-corrected chi connectivity index (χ1v) is 21.7. The fourth-order valence-corrected chi connectivity index (χ4v) is 10.6. The number of aromatic nitrogens is 2. The molecular formula is C40H48ClN5O9S. The standard InChI is InChI=1S/C40H48ClN5O9S/c1-3-24-21-40(24,37(51)44-56(52,53)28-13-14-28)43-34(48)32-18-27-22-46(32)36(50)30(23-9-6-7-10-23)19-33(47)55-39(2)20-25(39)11-5-4-8-16-45-35(49)29-15-12-26(41)17-31(29)42-38(45)54-27/h3-4,8,12,15,17,23-25,27-28,30,32H,1,5-7,9-11,13-14,16,18-22H2,2H3,(H,43,48)(H,44,51)/b8-4+/t24-,25+,27-,30+,32+,39+,40-/m1/s1. The highest BCUT2D eigenvalue weighted by Gasteiger charge is 2.62.